The van der Waals surface area contributed by atoms with E-state index in [1.165, 1.54) is 6.08 Å². The molecule has 1 N–H and O–H groups in total. The summed E-state index contributed by atoms with van der Waals surface area (Å²) in [6, 6.07) is 10.9. The lowest BCUT2D eigenvalue weighted by Gasteiger charge is -2.12. The largest absolute Gasteiger partial charge is 0.494 e. The van der Waals surface area contributed by atoms with Crippen molar-refractivity contribution in [1.82, 2.24) is 0 Å². The monoisotopic (exact) mass is 399 g/mol. The molecule has 6 heteroatoms. The van der Waals surface area contributed by atoms with Gasteiger partial charge in [-0.3, -0.25) is 4.79 Å². The van der Waals surface area contributed by atoms with Gasteiger partial charge in [0.2, 0.25) is 5.91 Å². The highest BCUT2D eigenvalue weighted by Gasteiger charge is 2.09. The Balaban J connectivity index is 2.12. The lowest BCUT2D eigenvalue weighted by molar-refractivity contribution is -0.111. The van der Waals surface area contributed by atoms with Crippen molar-refractivity contribution in [2.75, 3.05) is 32.2 Å². The minimum absolute atomic E-state index is 0.273. The van der Waals surface area contributed by atoms with Gasteiger partial charge in [0.15, 0.2) is 11.5 Å². The third-order valence-corrected chi connectivity index (χ3v) is 3.90. The molecule has 0 aliphatic heterocycles. The summed E-state index contributed by atoms with van der Waals surface area (Å²) in [6.07, 6.45) is 4.10. The number of amides is 1. The zero-order valence-electron chi connectivity index (χ0n) is 17.5. The molecule has 29 heavy (non-hydrogen) atoms. The SMILES string of the molecule is CCCOc1ccc(/C=C/C(=O)Nc2cc(OCC)ccc2OCC)cc1OC. The number of hydrogen-bond donors (Lipinski definition) is 1. The summed E-state index contributed by atoms with van der Waals surface area (Å²) < 4.78 is 22.1. The van der Waals surface area contributed by atoms with E-state index in [4.69, 9.17) is 18.9 Å². The van der Waals surface area contributed by atoms with Crippen LogP contribution in [0.2, 0.25) is 0 Å². The molecule has 0 saturated carbocycles. The Kier molecular flexibility index (Phi) is 8.89. The minimum Gasteiger partial charge on any atom is -0.494 e. The van der Waals surface area contributed by atoms with Gasteiger partial charge >= 0.3 is 0 Å². The van der Waals surface area contributed by atoms with Crippen LogP contribution in [0.15, 0.2) is 42.5 Å². The summed E-state index contributed by atoms with van der Waals surface area (Å²) in [5.74, 6) is 2.30. The minimum atomic E-state index is -0.273. The standard InChI is InChI=1S/C23H29NO5/c1-5-14-29-21-11-8-17(15-22(21)26-4)9-13-23(25)24-19-16-18(27-6-2)10-12-20(19)28-7-3/h8-13,15-16H,5-7,14H2,1-4H3,(H,24,25)/b13-9+. The van der Waals surface area contributed by atoms with Crippen LogP contribution in [-0.4, -0.2) is 32.8 Å². The first-order valence-electron chi connectivity index (χ1n) is 9.80. The molecule has 2 rings (SSSR count). The van der Waals surface area contributed by atoms with Crippen molar-refractivity contribution in [1.29, 1.82) is 0 Å². The number of carbonyl (C=O) groups is 1. The van der Waals surface area contributed by atoms with Crippen molar-refractivity contribution in [3.05, 3.63) is 48.0 Å². The molecule has 156 valence electrons. The fourth-order valence-electron chi connectivity index (χ4n) is 2.61. The van der Waals surface area contributed by atoms with E-state index in [9.17, 15) is 4.79 Å². The molecule has 0 aliphatic rings. The Morgan fingerprint density at radius 1 is 0.931 bits per heavy atom. The van der Waals surface area contributed by atoms with Crippen LogP contribution < -0.4 is 24.3 Å². The Bertz CT molecular complexity index is 832. The summed E-state index contributed by atoms with van der Waals surface area (Å²) >= 11 is 0. The molecule has 0 atom stereocenters. The molecular formula is C23H29NO5. The summed E-state index contributed by atoms with van der Waals surface area (Å²) in [5, 5.41) is 2.85. The van der Waals surface area contributed by atoms with E-state index in [2.05, 4.69) is 5.32 Å². The van der Waals surface area contributed by atoms with Gasteiger partial charge in [0.25, 0.3) is 0 Å². The van der Waals surface area contributed by atoms with Crippen LogP contribution in [0.4, 0.5) is 5.69 Å². The predicted octanol–water partition coefficient (Wildman–Crippen LogP) is 4.93. The fraction of sp³-hybridized carbons (Fsp3) is 0.348. The van der Waals surface area contributed by atoms with Crippen LogP contribution in [0.5, 0.6) is 23.0 Å². The van der Waals surface area contributed by atoms with E-state index in [0.717, 1.165) is 12.0 Å². The van der Waals surface area contributed by atoms with E-state index < -0.39 is 0 Å². The average Bonchev–Trinajstić information content (AvgIpc) is 2.73. The number of nitrogens with one attached hydrogen (secondary N) is 1. The second-order valence-electron chi connectivity index (χ2n) is 6.11. The summed E-state index contributed by atoms with van der Waals surface area (Å²) in [4.78, 5) is 12.4. The van der Waals surface area contributed by atoms with Crippen LogP contribution in [0.1, 0.15) is 32.8 Å². The van der Waals surface area contributed by atoms with E-state index in [0.29, 0.717) is 48.5 Å². The molecule has 0 bridgehead atoms. The topological polar surface area (TPSA) is 66.0 Å². The predicted molar refractivity (Wildman–Crippen MR) is 115 cm³/mol. The fourth-order valence-corrected chi connectivity index (χ4v) is 2.61. The zero-order chi connectivity index (χ0) is 21.1. The summed E-state index contributed by atoms with van der Waals surface area (Å²) in [6.45, 7) is 7.51. The average molecular weight is 399 g/mol. The van der Waals surface area contributed by atoms with Gasteiger partial charge in [0.1, 0.15) is 11.5 Å². The number of rotatable bonds is 11. The maximum Gasteiger partial charge on any atom is 0.248 e. The Hall–Kier alpha value is -3.15. The van der Waals surface area contributed by atoms with Gasteiger partial charge in [-0.15, -0.1) is 0 Å². The molecule has 0 aromatic heterocycles. The van der Waals surface area contributed by atoms with Gasteiger partial charge in [-0.05, 0) is 56.2 Å². The van der Waals surface area contributed by atoms with E-state index in [1.807, 2.05) is 45.0 Å². The number of anilines is 1. The number of benzene rings is 2. The van der Waals surface area contributed by atoms with Crippen LogP contribution in [0, 0.1) is 0 Å². The van der Waals surface area contributed by atoms with Gasteiger partial charge in [-0.25, -0.2) is 0 Å². The third-order valence-electron chi connectivity index (χ3n) is 3.90. The molecule has 2 aromatic carbocycles. The number of hydrogen-bond acceptors (Lipinski definition) is 5. The molecule has 0 aliphatic carbocycles. The van der Waals surface area contributed by atoms with Gasteiger partial charge in [0.05, 0.1) is 32.6 Å². The first-order chi connectivity index (χ1) is 14.1. The molecule has 0 saturated heterocycles. The molecule has 0 radical (unpaired) electrons. The zero-order valence-corrected chi connectivity index (χ0v) is 17.5. The summed E-state index contributed by atoms with van der Waals surface area (Å²) in [7, 11) is 1.59. The number of carbonyl (C=O) groups excluding carboxylic acids is 1. The van der Waals surface area contributed by atoms with Gasteiger partial charge < -0.3 is 24.3 Å². The smallest absolute Gasteiger partial charge is 0.248 e. The van der Waals surface area contributed by atoms with Gasteiger partial charge in [0, 0.05) is 12.1 Å². The van der Waals surface area contributed by atoms with E-state index in [1.54, 1.807) is 25.3 Å². The number of ether oxygens (including phenoxy) is 4. The Morgan fingerprint density at radius 2 is 1.69 bits per heavy atom. The molecule has 0 spiro atoms. The Morgan fingerprint density at radius 3 is 2.38 bits per heavy atom. The van der Waals surface area contributed by atoms with Crippen LogP contribution in [0.25, 0.3) is 6.08 Å². The molecule has 6 nitrogen and oxygen atoms in total. The maximum absolute atomic E-state index is 12.4. The van der Waals surface area contributed by atoms with Crippen molar-refractivity contribution >= 4 is 17.7 Å². The second-order valence-corrected chi connectivity index (χ2v) is 6.11. The molecule has 0 fully saturated rings. The number of methoxy groups -OCH3 is 1. The first-order valence-corrected chi connectivity index (χ1v) is 9.80. The van der Waals surface area contributed by atoms with Crippen molar-refractivity contribution in [2.45, 2.75) is 27.2 Å². The van der Waals surface area contributed by atoms with Gasteiger partial charge in [-0.2, -0.15) is 0 Å². The summed E-state index contributed by atoms with van der Waals surface area (Å²) in [5.41, 5.74) is 1.39. The lowest BCUT2D eigenvalue weighted by atomic mass is 10.2. The highest BCUT2D eigenvalue weighted by atomic mass is 16.5. The molecule has 0 heterocycles. The maximum atomic E-state index is 12.4. The Labute approximate surface area is 172 Å². The third kappa shape index (κ3) is 6.75. The van der Waals surface area contributed by atoms with Crippen molar-refractivity contribution < 1.29 is 23.7 Å². The van der Waals surface area contributed by atoms with Crippen LogP contribution in [0.3, 0.4) is 0 Å². The molecular weight excluding hydrogens is 370 g/mol. The second kappa shape index (κ2) is 11.6. The normalized spacial score (nSPS) is 10.6. The van der Waals surface area contributed by atoms with Crippen LogP contribution >= 0.6 is 0 Å². The quantitative estimate of drug-likeness (QED) is 0.543. The highest BCUT2D eigenvalue weighted by Crippen LogP contribution is 2.30. The highest BCUT2D eigenvalue weighted by molar-refractivity contribution is 6.03. The van der Waals surface area contributed by atoms with Crippen molar-refractivity contribution in [2.24, 2.45) is 0 Å². The lowest BCUT2D eigenvalue weighted by Crippen LogP contribution is -2.10. The first kappa shape index (κ1) is 22.1. The van der Waals surface area contributed by atoms with Crippen molar-refractivity contribution in [3.8, 4) is 23.0 Å². The van der Waals surface area contributed by atoms with Crippen LogP contribution in [-0.2, 0) is 4.79 Å². The van der Waals surface area contributed by atoms with Gasteiger partial charge in [-0.1, -0.05) is 13.0 Å². The molecule has 0 unspecified atom stereocenters. The van der Waals surface area contributed by atoms with Crippen molar-refractivity contribution in [3.63, 3.8) is 0 Å². The molecule has 1 amide bonds. The van der Waals surface area contributed by atoms with E-state index in [-0.39, 0.29) is 5.91 Å². The van der Waals surface area contributed by atoms with E-state index >= 15 is 0 Å². The molecule has 2 aromatic rings.